The van der Waals surface area contributed by atoms with Crippen LogP contribution < -0.4 is 5.73 Å². The van der Waals surface area contributed by atoms with E-state index in [0.29, 0.717) is 30.3 Å². The minimum Gasteiger partial charge on any atom is -0.381 e. The molecule has 0 aromatic heterocycles. The molecule has 1 amide bonds. The van der Waals surface area contributed by atoms with Gasteiger partial charge < -0.3 is 15.4 Å². The van der Waals surface area contributed by atoms with Crippen LogP contribution in [0.15, 0.2) is 0 Å². The highest BCUT2D eigenvalue weighted by Gasteiger charge is 2.25. The van der Waals surface area contributed by atoms with Crippen molar-refractivity contribution >= 4 is 5.91 Å². The normalized spacial score (nSPS) is 29.2. The third kappa shape index (κ3) is 4.46. The molecule has 0 aromatic carbocycles. The molecule has 0 aromatic rings. The van der Waals surface area contributed by atoms with Crippen LogP contribution in [0.1, 0.15) is 51.4 Å². The Morgan fingerprint density at radius 2 is 1.79 bits per heavy atom. The van der Waals surface area contributed by atoms with Gasteiger partial charge in [-0.25, -0.2) is 0 Å². The molecule has 19 heavy (non-hydrogen) atoms. The Labute approximate surface area is 116 Å². The lowest BCUT2D eigenvalue weighted by molar-refractivity contribution is -0.133. The average molecular weight is 268 g/mol. The molecule has 4 nitrogen and oxygen atoms in total. The fourth-order valence-corrected chi connectivity index (χ4v) is 3.23. The van der Waals surface area contributed by atoms with E-state index < -0.39 is 0 Å². The Hall–Kier alpha value is -0.610. The van der Waals surface area contributed by atoms with Crippen LogP contribution in [0.25, 0.3) is 0 Å². The van der Waals surface area contributed by atoms with E-state index in [-0.39, 0.29) is 0 Å². The number of nitrogens with two attached hydrogens (primary N) is 1. The fourth-order valence-electron chi connectivity index (χ4n) is 3.23. The van der Waals surface area contributed by atoms with E-state index in [4.69, 9.17) is 10.5 Å². The van der Waals surface area contributed by atoms with E-state index in [1.807, 2.05) is 11.9 Å². The first-order chi connectivity index (χ1) is 9.16. The summed E-state index contributed by atoms with van der Waals surface area (Å²) in [6.07, 6.45) is 8.22. The molecule has 1 aliphatic heterocycles. The maximum absolute atomic E-state index is 12.2. The number of hydrogen-bond acceptors (Lipinski definition) is 3. The molecule has 1 heterocycles. The molecule has 2 rings (SSSR count). The van der Waals surface area contributed by atoms with Crippen LogP contribution in [0.2, 0.25) is 0 Å². The van der Waals surface area contributed by atoms with Gasteiger partial charge in [0.2, 0.25) is 5.91 Å². The zero-order valence-corrected chi connectivity index (χ0v) is 12.1. The molecule has 1 saturated carbocycles. The van der Waals surface area contributed by atoms with Gasteiger partial charge in [-0.1, -0.05) is 0 Å². The monoisotopic (exact) mass is 268 g/mol. The Kier molecular flexibility index (Phi) is 5.64. The Morgan fingerprint density at radius 3 is 2.42 bits per heavy atom. The second-order valence-corrected chi connectivity index (χ2v) is 6.17. The summed E-state index contributed by atoms with van der Waals surface area (Å²) >= 11 is 0. The third-order valence-corrected chi connectivity index (χ3v) is 4.79. The number of carbonyl (C=O) groups excluding carboxylic acids is 1. The zero-order chi connectivity index (χ0) is 13.7. The van der Waals surface area contributed by atoms with Crippen molar-refractivity contribution in [3.05, 3.63) is 0 Å². The third-order valence-electron chi connectivity index (χ3n) is 4.79. The molecule has 0 bridgehead atoms. The summed E-state index contributed by atoms with van der Waals surface area (Å²) < 4.78 is 5.35. The van der Waals surface area contributed by atoms with Crippen molar-refractivity contribution in [1.82, 2.24) is 4.90 Å². The van der Waals surface area contributed by atoms with Gasteiger partial charge in [0.25, 0.3) is 0 Å². The second-order valence-electron chi connectivity index (χ2n) is 6.17. The lowest BCUT2D eigenvalue weighted by Crippen LogP contribution is -2.41. The van der Waals surface area contributed by atoms with Gasteiger partial charge in [-0.2, -0.15) is 0 Å². The van der Waals surface area contributed by atoms with Crippen molar-refractivity contribution in [3.63, 3.8) is 0 Å². The van der Waals surface area contributed by atoms with Gasteiger partial charge in [-0.15, -0.1) is 0 Å². The topological polar surface area (TPSA) is 55.6 Å². The molecule has 2 N–H and O–H groups in total. The van der Waals surface area contributed by atoms with Gasteiger partial charge in [0, 0.05) is 38.8 Å². The molecule has 2 fully saturated rings. The first-order valence-corrected chi connectivity index (χ1v) is 7.76. The highest BCUT2D eigenvalue weighted by molar-refractivity contribution is 5.76. The SMILES string of the molecule is CN(C(=O)CCC1CCOCC1)C1CCC(N)CC1. The summed E-state index contributed by atoms with van der Waals surface area (Å²) in [6, 6.07) is 0.768. The van der Waals surface area contributed by atoms with Crippen LogP contribution in [0.3, 0.4) is 0 Å². The molecular weight excluding hydrogens is 240 g/mol. The Balaban J connectivity index is 1.69. The molecule has 1 saturated heterocycles. The maximum Gasteiger partial charge on any atom is 0.222 e. The number of ether oxygens (including phenoxy) is 1. The number of nitrogens with zero attached hydrogens (tertiary/aromatic N) is 1. The van der Waals surface area contributed by atoms with Gasteiger partial charge in [0.1, 0.15) is 0 Å². The summed E-state index contributed by atoms with van der Waals surface area (Å²) in [7, 11) is 1.97. The van der Waals surface area contributed by atoms with Crippen LogP contribution in [-0.4, -0.2) is 43.2 Å². The van der Waals surface area contributed by atoms with Crippen molar-refractivity contribution in [1.29, 1.82) is 0 Å². The molecule has 0 unspecified atom stereocenters. The van der Waals surface area contributed by atoms with E-state index >= 15 is 0 Å². The van der Waals surface area contributed by atoms with E-state index in [0.717, 1.165) is 58.2 Å². The van der Waals surface area contributed by atoms with Crippen molar-refractivity contribution in [2.24, 2.45) is 11.7 Å². The minimum absolute atomic E-state index is 0.312. The molecule has 0 atom stereocenters. The highest BCUT2D eigenvalue weighted by atomic mass is 16.5. The number of amides is 1. The highest BCUT2D eigenvalue weighted by Crippen LogP contribution is 2.24. The van der Waals surface area contributed by atoms with Gasteiger partial charge in [-0.3, -0.25) is 4.79 Å². The van der Waals surface area contributed by atoms with Crippen LogP contribution in [0.5, 0.6) is 0 Å². The Bertz CT molecular complexity index is 282. The van der Waals surface area contributed by atoms with Crippen molar-refractivity contribution in [2.45, 2.75) is 63.5 Å². The molecule has 0 spiro atoms. The first kappa shape index (κ1) is 14.8. The number of hydrogen-bond donors (Lipinski definition) is 1. The smallest absolute Gasteiger partial charge is 0.222 e. The second kappa shape index (κ2) is 7.25. The van der Waals surface area contributed by atoms with E-state index in [1.165, 1.54) is 0 Å². The first-order valence-electron chi connectivity index (χ1n) is 7.76. The van der Waals surface area contributed by atoms with Crippen LogP contribution >= 0.6 is 0 Å². The van der Waals surface area contributed by atoms with Gasteiger partial charge in [-0.05, 0) is 50.9 Å². The predicted molar refractivity (Wildman–Crippen MR) is 75.8 cm³/mol. The summed E-state index contributed by atoms with van der Waals surface area (Å²) in [5.41, 5.74) is 5.91. The molecule has 2 aliphatic rings. The summed E-state index contributed by atoms with van der Waals surface area (Å²) in [6.45, 7) is 1.74. The zero-order valence-electron chi connectivity index (χ0n) is 12.1. The predicted octanol–water partition coefficient (Wildman–Crippen LogP) is 1.92. The summed E-state index contributed by atoms with van der Waals surface area (Å²) in [5, 5.41) is 0. The lowest BCUT2D eigenvalue weighted by Gasteiger charge is -2.34. The molecule has 0 radical (unpaired) electrons. The summed E-state index contributed by atoms with van der Waals surface area (Å²) in [5.74, 6) is 0.998. The quantitative estimate of drug-likeness (QED) is 0.847. The van der Waals surface area contributed by atoms with Crippen molar-refractivity contribution in [2.75, 3.05) is 20.3 Å². The van der Waals surface area contributed by atoms with E-state index in [2.05, 4.69) is 0 Å². The molecule has 4 heteroatoms. The lowest BCUT2D eigenvalue weighted by atomic mass is 9.90. The van der Waals surface area contributed by atoms with Crippen LogP contribution in [-0.2, 0) is 9.53 Å². The number of carbonyl (C=O) groups is 1. The molecular formula is C15H28N2O2. The minimum atomic E-state index is 0.312. The Morgan fingerprint density at radius 1 is 1.16 bits per heavy atom. The van der Waals surface area contributed by atoms with Gasteiger partial charge >= 0.3 is 0 Å². The van der Waals surface area contributed by atoms with Crippen molar-refractivity contribution < 1.29 is 9.53 Å². The van der Waals surface area contributed by atoms with E-state index in [1.54, 1.807) is 0 Å². The van der Waals surface area contributed by atoms with Gasteiger partial charge in [0.05, 0.1) is 0 Å². The standard InChI is InChI=1S/C15H28N2O2/c1-17(14-5-3-13(16)4-6-14)15(18)7-2-12-8-10-19-11-9-12/h12-14H,2-11,16H2,1H3. The van der Waals surface area contributed by atoms with Crippen LogP contribution in [0, 0.1) is 5.92 Å². The maximum atomic E-state index is 12.2. The average Bonchev–Trinajstić information content (AvgIpc) is 2.46. The molecule has 1 aliphatic carbocycles. The molecule has 110 valence electrons. The van der Waals surface area contributed by atoms with Gasteiger partial charge in [0.15, 0.2) is 0 Å². The number of rotatable bonds is 4. The summed E-state index contributed by atoms with van der Waals surface area (Å²) in [4.78, 5) is 14.2. The van der Waals surface area contributed by atoms with E-state index in [9.17, 15) is 4.79 Å². The van der Waals surface area contributed by atoms with Crippen LogP contribution in [0.4, 0.5) is 0 Å². The van der Waals surface area contributed by atoms with Crippen molar-refractivity contribution in [3.8, 4) is 0 Å². The fraction of sp³-hybridized carbons (Fsp3) is 0.933. The largest absolute Gasteiger partial charge is 0.381 e.